The van der Waals surface area contributed by atoms with Gasteiger partial charge in [0.1, 0.15) is 5.82 Å². The second kappa shape index (κ2) is 4.05. The molecule has 2 aliphatic rings. The SMILES string of the molecule is O=C1C=C2CCC(=O)N2C(c2ccc(F)cc2)C1. The minimum absolute atomic E-state index is 0.0327. The van der Waals surface area contributed by atoms with Crippen molar-refractivity contribution in [2.45, 2.75) is 25.3 Å². The number of hydrogen-bond donors (Lipinski definition) is 0. The zero-order valence-corrected chi connectivity index (χ0v) is 9.73. The summed E-state index contributed by atoms with van der Waals surface area (Å²) in [6.45, 7) is 0. The number of nitrogens with zero attached hydrogens (tertiary/aromatic N) is 1. The molecular formula is C14H12FNO2. The van der Waals surface area contributed by atoms with E-state index in [1.807, 2.05) is 0 Å². The standard InChI is InChI=1S/C14H12FNO2/c15-10-3-1-9(2-4-10)13-8-12(17)7-11-5-6-14(18)16(11)13/h1-4,7,13H,5-6,8H2. The molecule has 4 heteroatoms. The number of carbonyl (C=O) groups excluding carboxylic acids is 2. The zero-order valence-electron chi connectivity index (χ0n) is 9.73. The lowest BCUT2D eigenvalue weighted by molar-refractivity contribution is -0.130. The zero-order chi connectivity index (χ0) is 12.7. The summed E-state index contributed by atoms with van der Waals surface area (Å²) >= 11 is 0. The van der Waals surface area contributed by atoms with E-state index in [2.05, 4.69) is 0 Å². The van der Waals surface area contributed by atoms with Crippen LogP contribution < -0.4 is 0 Å². The molecule has 1 fully saturated rings. The topological polar surface area (TPSA) is 37.4 Å². The van der Waals surface area contributed by atoms with Gasteiger partial charge in [-0.15, -0.1) is 0 Å². The molecule has 0 saturated carbocycles. The minimum atomic E-state index is -0.315. The molecule has 92 valence electrons. The Balaban J connectivity index is 2.01. The van der Waals surface area contributed by atoms with Crippen LogP contribution in [0.3, 0.4) is 0 Å². The first kappa shape index (κ1) is 11.1. The predicted octanol–water partition coefficient (Wildman–Crippen LogP) is 2.35. The molecule has 18 heavy (non-hydrogen) atoms. The molecule has 0 aromatic heterocycles. The van der Waals surface area contributed by atoms with E-state index in [4.69, 9.17) is 0 Å². The molecule has 1 amide bonds. The van der Waals surface area contributed by atoms with E-state index in [1.54, 1.807) is 23.1 Å². The number of fused-ring (bicyclic) bond motifs is 1. The minimum Gasteiger partial charge on any atom is -0.308 e. The van der Waals surface area contributed by atoms with Crippen molar-refractivity contribution in [3.05, 3.63) is 47.4 Å². The van der Waals surface area contributed by atoms with Crippen molar-refractivity contribution in [3.63, 3.8) is 0 Å². The number of carbonyl (C=O) groups is 2. The van der Waals surface area contributed by atoms with Crippen LogP contribution in [0.15, 0.2) is 36.0 Å². The molecule has 0 bridgehead atoms. The lowest BCUT2D eigenvalue weighted by atomic mass is 9.96. The molecule has 0 aliphatic carbocycles. The van der Waals surface area contributed by atoms with Gasteiger partial charge in [0.25, 0.3) is 0 Å². The summed E-state index contributed by atoms with van der Waals surface area (Å²) in [6, 6.07) is 5.73. The molecular weight excluding hydrogens is 233 g/mol. The lowest BCUT2D eigenvalue weighted by Gasteiger charge is -2.32. The van der Waals surface area contributed by atoms with Gasteiger partial charge in [-0.3, -0.25) is 9.59 Å². The van der Waals surface area contributed by atoms with Gasteiger partial charge in [-0.05, 0) is 24.1 Å². The lowest BCUT2D eigenvalue weighted by Crippen LogP contribution is -2.33. The average Bonchev–Trinajstić information content (AvgIpc) is 2.71. The van der Waals surface area contributed by atoms with E-state index < -0.39 is 0 Å². The Kier molecular flexibility index (Phi) is 2.51. The molecule has 3 nitrogen and oxygen atoms in total. The number of benzene rings is 1. The Morgan fingerprint density at radius 2 is 1.83 bits per heavy atom. The van der Waals surface area contributed by atoms with Crippen LogP contribution in [0.4, 0.5) is 4.39 Å². The monoisotopic (exact) mass is 245 g/mol. The quantitative estimate of drug-likeness (QED) is 0.761. The van der Waals surface area contributed by atoms with Gasteiger partial charge in [-0.25, -0.2) is 4.39 Å². The Hall–Kier alpha value is -1.97. The Morgan fingerprint density at radius 3 is 2.56 bits per heavy atom. The molecule has 1 aromatic carbocycles. The summed E-state index contributed by atoms with van der Waals surface area (Å²) < 4.78 is 12.9. The van der Waals surface area contributed by atoms with Crippen molar-refractivity contribution in [3.8, 4) is 0 Å². The second-order valence-electron chi connectivity index (χ2n) is 4.64. The van der Waals surface area contributed by atoms with E-state index in [-0.39, 0.29) is 30.0 Å². The number of allylic oxidation sites excluding steroid dienone is 2. The van der Waals surface area contributed by atoms with Gasteiger partial charge in [0.2, 0.25) is 5.91 Å². The molecule has 3 rings (SSSR count). The van der Waals surface area contributed by atoms with Gasteiger partial charge < -0.3 is 4.90 Å². The van der Waals surface area contributed by atoms with Crippen molar-refractivity contribution in [1.82, 2.24) is 4.90 Å². The Bertz CT molecular complexity index is 547. The van der Waals surface area contributed by atoms with Crippen LogP contribution in [0, 0.1) is 5.82 Å². The summed E-state index contributed by atoms with van der Waals surface area (Å²) in [5.74, 6) is -0.238. The van der Waals surface area contributed by atoms with Crippen LogP contribution in [0.5, 0.6) is 0 Å². The number of ketones is 1. The number of rotatable bonds is 1. The highest BCUT2D eigenvalue weighted by Crippen LogP contribution is 2.38. The summed E-state index contributed by atoms with van der Waals surface area (Å²) in [7, 11) is 0. The third-order valence-corrected chi connectivity index (χ3v) is 3.46. The highest BCUT2D eigenvalue weighted by molar-refractivity contribution is 5.95. The van der Waals surface area contributed by atoms with Gasteiger partial charge in [-0.1, -0.05) is 12.1 Å². The van der Waals surface area contributed by atoms with Crippen LogP contribution in [0.25, 0.3) is 0 Å². The first-order valence-corrected chi connectivity index (χ1v) is 5.96. The molecule has 0 radical (unpaired) electrons. The number of hydrogen-bond acceptors (Lipinski definition) is 2. The predicted molar refractivity (Wildman–Crippen MR) is 62.9 cm³/mol. The van der Waals surface area contributed by atoms with Gasteiger partial charge in [0.05, 0.1) is 6.04 Å². The maximum Gasteiger partial charge on any atom is 0.227 e. The van der Waals surface area contributed by atoms with Crippen LogP contribution >= 0.6 is 0 Å². The maximum atomic E-state index is 12.9. The summed E-state index contributed by atoms with van der Waals surface area (Å²) in [5, 5.41) is 0. The highest BCUT2D eigenvalue weighted by atomic mass is 19.1. The van der Waals surface area contributed by atoms with Crippen molar-refractivity contribution in [2.75, 3.05) is 0 Å². The van der Waals surface area contributed by atoms with Crippen LogP contribution in [-0.2, 0) is 9.59 Å². The first-order chi connectivity index (χ1) is 8.65. The van der Waals surface area contributed by atoms with Crippen LogP contribution in [0.1, 0.15) is 30.9 Å². The third-order valence-electron chi connectivity index (χ3n) is 3.46. The largest absolute Gasteiger partial charge is 0.308 e. The molecule has 1 aromatic rings. The molecule has 0 spiro atoms. The Labute approximate surface area is 104 Å². The fourth-order valence-corrected chi connectivity index (χ4v) is 2.63. The smallest absolute Gasteiger partial charge is 0.227 e. The molecule has 1 atom stereocenters. The van der Waals surface area contributed by atoms with Gasteiger partial charge in [0, 0.05) is 24.6 Å². The van der Waals surface area contributed by atoms with Crippen molar-refractivity contribution in [1.29, 1.82) is 0 Å². The van der Waals surface area contributed by atoms with Crippen molar-refractivity contribution in [2.24, 2.45) is 0 Å². The molecule has 0 N–H and O–H groups in total. The second-order valence-corrected chi connectivity index (χ2v) is 4.64. The molecule has 2 heterocycles. The van der Waals surface area contributed by atoms with Crippen LogP contribution in [-0.4, -0.2) is 16.6 Å². The summed E-state index contributed by atoms with van der Waals surface area (Å²) in [5.41, 5.74) is 1.61. The van der Waals surface area contributed by atoms with E-state index in [0.717, 1.165) is 11.3 Å². The highest BCUT2D eigenvalue weighted by Gasteiger charge is 2.37. The number of amides is 1. The average molecular weight is 245 g/mol. The van der Waals surface area contributed by atoms with E-state index in [0.29, 0.717) is 12.8 Å². The van der Waals surface area contributed by atoms with E-state index in [9.17, 15) is 14.0 Å². The van der Waals surface area contributed by atoms with Gasteiger partial charge in [-0.2, -0.15) is 0 Å². The maximum absolute atomic E-state index is 12.9. The van der Waals surface area contributed by atoms with Gasteiger partial charge >= 0.3 is 0 Å². The number of halogens is 1. The first-order valence-electron chi connectivity index (χ1n) is 5.96. The molecule has 1 saturated heterocycles. The van der Waals surface area contributed by atoms with E-state index in [1.165, 1.54) is 12.1 Å². The molecule has 2 aliphatic heterocycles. The summed E-state index contributed by atoms with van der Waals surface area (Å²) in [4.78, 5) is 25.2. The van der Waals surface area contributed by atoms with E-state index >= 15 is 0 Å². The molecule has 1 unspecified atom stereocenters. The van der Waals surface area contributed by atoms with Crippen LogP contribution in [0.2, 0.25) is 0 Å². The fraction of sp³-hybridized carbons (Fsp3) is 0.286. The third kappa shape index (κ3) is 1.74. The summed E-state index contributed by atoms with van der Waals surface area (Å²) in [6.07, 6.45) is 2.92. The Morgan fingerprint density at radius 1 is 1.11 bits per heavy atom. The van der Waals surface area contributed by atoms with Gasteiger partial charge in [0.15, 0.2) is 5.78 Å². The van der Waals surface area contributed by atoms with Crippen molar-refractivity contribution >= 4 is 11.7 Å². The fourth-order valence-electron chi connectivity index (χ4n) is 2.63. The normalized spacial score (nSPS) is 23.1. The van der Waals surface area contributed by atoms with Crippen molar-refractivity contribution < 1.29 is 14.0 Å².